The van der Waals surface area contributed by atoms with Crippen LogP contribution < -0.4 is 16.0 Å². The number of nitrogens with one attached hydrogen (secondary N) is 3. The summed E-state index contributed by atoms with van der Waals surface area (Å²) in [5.74, 6) is 1.92. The second kappa shape index (κ2) is 21.4. The first-order valence-corrected chi connectivity index (χ1v) is 25.3. The van der Waals surface area contributed by atoms with Crippen molar-refractivity contribution in [1.82, 2.24) is 49.1 Å². The molecule has 6 heterocycles. The van der Waals surface area contributed by atoms with E-state index in [-0.39, 0.29) is 41.9 Å². The highest BCUT2D eigenvalue weighted by atomic mass is 35.7. The number of carbonyl (C=O) groups is 2. The number of fused-ring (bicyclic) bond motifs is 2. The van der Waals surface area contributed by atoms with Crippen LogP contribution in [0.25, 0.3) is 23.0 Å². The number of benzene rings is 2. The van der Waals surface area contributed by atoms with Crippen molar-refractivity contribution in [1.29, 1.82) is 0 Å². The zero-order chi connectivity index (χ0) is 46.9. The first kappa shape index (κ1) is 48.5. The van der Waals surface area contributed by atoms with E-state index in [1.165, 1.54) is 15.4 Å². The molecular formula is C44H53ClN12O6S2. The van der Waals surface area contributed by atoms with Crippen molar-refractivity contribution in [3.63, 3.8) is 0 Å². The molecule has 0 saturated heterocycles. The number of carbonyl (C=O) groups excluding carboxylic acids is 2. The number of anilines is 2. The zero-order valence-electron chi connectivity index (χ0n) is 37.1. The molecular weight excluding hydrogens is 892 g/mol. The summed E-state index contributed by atoms with van der Waals surface area (Å²) in [7, 11) is -1.68. The molecule has 0 unspecified atom stereocenters. The fourth-order valence-electron chi connectivity index (χ4n) is 7.01. The van der Waals surface area contributed by atoms with Gasteiger partial charge in [0.2, 0.25) is 19.1 Å². The number of sulfonamides is 1. The molecule has 2 aliphatic rings. The highest BCUT2D eigenvalue weighted by Gasteiger charge is 2.29. The van der Waals surface area contributed by atoms with E-state index in [9.17, 15) is 26.4 Å². The molecule has 2 aliphatic heterocycles. The molecule has 0 fully saturated rings. The predicted octanol–water partition coefficient (Wildman–Crippen LogP) is 6.97. The Kier molecular flexibility index (Phi) is 16.0. The fraction of sp³-hybridized carbons (Fsp3) is 0.364. The van der Waals surface area contributed by atoms with Crippen LogP contribution in [-0.2, 0) is 45.3 Å². The van der Waals surface area contributed by atoms with E-state index in [2.05, 4.69) is 60.2 Å². The number of aromatic nitrogens is 8. The predicted molar refractivity (Wildman–Crippen MR) is 250 cm³/mol. The van der Waals surface area contributed by atoms with Crippen molar-refractivity contribution >= 4 is 53.2 Å². The molecule has 0 aliphatic carbocycles. The second-order valence-electron chi connectivity index (χ2n) is 15.9. The van der Waals surface area contributed by atoms with Gasteiger partial charge in [-0.05, 0) is 111 Å². The number of hydrogen-bond donors (Lipinski definition) is 3. The van der Waals surface area contributed by atoms with Gasteiger partial charge in [-0.25, -0.2) is 26.8 Å². The van der Waals surface area contributed by atoms with Crippen molar-refractivity contribution in [3.8, 4) is 23.0 Å². The average Bonchev–Trinajstić information content (AvgIpc) is 4.10. The molecule has 3 N–H and O–H groups in total. The highest BCUT2D eigenvalue weighted by Crippen LogP contribution is 2.28. The van der Waals surface area contributed by atoms with E-state index in [0.717, 1.165) is 24.2 Å². The Balaban J connectivity index is 0.000000191. The number of pyridine rings is 2. The van der Waals surface area contributed by atoms with Gasteiger partial charge >= 0.3 is 0 Å². The van der Waals surface area contributed by atoms with Gasteiger partial charge in [0.15, 0.2) is 11.6 Å². The molecule has 18 nitrogen and oxygen atoms in total. The first-order chi connectivity index (χ1) is 31.0. The Hall–Kier alpha value is -5.93. The van der Waals surface area contributed by atoms with Gasteiger partial charge in [0.05, 0.1) is 11.5 Å². The van der Waals surface area contributed by atoms with E-state index in [0.29, 0.717) is 65.2 Å². The number of nitrogens with zero attached hydrogens (tertiary/aromatic N) is 9. The lowest BCUT2D eigenvalue weighted by Crippen LogP contribution is -2.27. The minimum absolute atomic E-state index is 0.0779. The lowest BCUT2D eigenvalue weighted by Gasteiger charge is -2.14. The van der Waals surface area contributed by atoms with Gasteiger partial charge in [-0.2, -0.15) is 4.31 Å². The quantitative estimate of drug-likeness (QED) is 0.0995. The topological polar surface area (TPSA) is 229 Å². The maximum atomic E-state index is 12.9. The van der Waals surface area contributed by atoms with Gasteiger partial charge in [0.25, 0.3) is 11.8 Å². The summed E-state index contributed by atoms with van der Waals surface area (Å²) in [6, 6.07) is 22.3. The van der Waals surface area contributed by atoms with Crippen molar-refractivity contribution < 1.29 is 26.4 Å². The van der Waals surface area contributed by atoms with Crippen molar-refractivity contribution in [2.75, 3.05) is 22.1 Å². The second-order valence-corrected chi connectivity index (χ2v) is 20.9. The summed E-state index contributed by atoms with van der Waals surface area (Å²) >= 11 is 0. The van der Waals surface area contributed by atoms with Crippen LogP contribution in [0.1, 0.15) is 109 Å². The molecule has 0 bridgehead atoms. The summed E-state index contributed by atoms with van der Waals surface area (Å²) in [5.41, 5.74) is 6.56. The highest BCUT2D eigenvalue weighted by molar-refractivity contribution is 8.13. The molecule has 2 aromatic carbocycles. The molecule has 65 heavy (non-hydrogen) atoms. The lowest BCUT2D eigenvalue weighted by atomic mass is 10.1. The fourth-order valence-corrected chi connectivity index (χ4v) is 9.41. The Labute approximate surface area is 383 Å². The molecule has 0 atom stereocenters. The maximum absolute atomic E-state index is 12.9. The molecule has 344 valence electrons. The third kappa shape index (κ3) is 12.7. The van der Waals surface area contributed by atoms with Gasteiger partial charge in [-0.15, -0.1) is 20.4 Å². The monoisotopic (exact) mass is 944 g/mol. The zero-order valence-corrected chi connectivity index (χ0v) is 39.5. The van der Waals surface area contributed by atoms with Crippen LogP contribution >= 0.6 is 10.7 Å². The van der Waals surface area contributed by atoms with Gasteiger partial charge < -0.3 is 25.1 Å². The molecule has 2 amide bonds. The van der Waals surface area contributed by atoms with E-state index in [1.807, 2.05) is 72.4 Å². The van der Waals surface area contributed by atoms with E-state index in [1.54, 1.807) is 49.9 Å². The van der Waals surface area contributed by atoms with Crippen molar-refractivity contribution in [2.24, 2.45) is 0 Å². The third-order valence-corrected chi connectivity index (χ3v) is 13.6. The van der Waals surface area contributed by atoms with Crippen LogP contribution in [0.2, 0.25) is 0 Å². The molecule has 8 rings (SSSR count). The Bertz CT molecular complexity index is 2870. The molecule has 0 spiro atoms. The molecule has 0 saturated carbocycles. The largest absolute Gasteiger partial charge is 0.310 e. The van der Waals surface area contributed by atoms with E-state index < -0.39 is 19.1 Å². The van der Waals surface area contributed by atoms with Crippen molar-refractivity contribution in [2.45, 2.75) is 92.6 Å². The van der Waals surface area contributed by atoms with Crippen LogP contribution in [0.4, 0.5) is 11.6 Å². The van der Waals surface area contributed by atoms with E-state index >= 15 is 0 Å². The third-order valence-electron chi connectivity index (χ3n) is 10.3. The molecule has 6 aromatic rings. The van der Waals surface area contributed by atoms with Crippen LogP contribution in [0.3, 0.4) is 0 Å². The van der Waals surface area contributed by atoms with Crippen LogP contribution in [-0.4, -0.2) is 84.0 Å². The minimum Gasteiger partial charge on any atom is -0.310 e. The number of halogens is 1. The number of rotatable bonds is 13. The van der Waals surface area contributed by atoms with Crippen molar-refractivity contribution in [3.05, 3.63) is 119 Å². The van der Waals surface area contributed by atoms with Crippen LogP contribution in [0.15, 0.2) is 85.5 Å². The van der Waals surface area contributed by atoms with E-state index in [4.69, 9.17) is 10.7 Å². The minimum atomic E-state index is -3.29. The molecule has 4 aromatic heterocycles. The van der Waals surface area contributed by atoms with Gasteiger partial charge in [-0.1, -0.05) is 38.1 Å². The smallest absolute Gasteiger partial charge is 0.256 e. The van der Waals surface area contributed by atoms with Gasteiger partial charge in [-0.3, -0.25) is 9.59 Å². The summed E-state index contributed by atoms with van der Waals surface area (Å²) in [5, 5.41) is 25.2. The number of hydrogen-bond acceptors (Lipinski definition) is 13. The Morgan fingerprint density at radius 2 is 1.14 bits per heavy atom. The maximum Gasteiger partial charge on any atom is 0.256 e. The standard InChI is InChI=1S/C22H26N6O3S.C19H20N6O.C3H7ClO2S/c1-4-10-32(30,31)27-12-17-9-8-16(11-18(17)13-27)22(29)25-20-7-5-6-19(24-20)21-26-23-14-28(21)15(2)3;1-12(2)25-11-21-24-18(25)16-4-3-5-17(22-16)23-19(26)13-6-7-14-9-20-10-15(14)8-13;1-2-3-7(4,5)6/h5-9,11,14-15H,4,10,12-13H2,1-3H3,(H,24,25,29);3-8,11-12,20H,9-10H2,1-2H3,(H,22,23,26);2-3H2,1H3. The summed E-state index contributed by atoms with van der Waals surface area (Å²) in [6.07, 6.45) is 4.50. The van der Waals surface area contributed by atoms with Crippen LogP contribution in [0.5, 0.6) is 0 Å². The molecule has 0 radical (unpaired) electrons. The summed E-state index contributed by atoms with van der Waals surface area (Å²) in [6.45, 7) is 14.1. The lowest BCUT2D eigenvalue weighted by molar-refractivity contribution is 0.101. The summed E-state index contributed by atoms with van der Waals surface area (Å²) < 4.78 is 50.1. The average molecular weight is 946 g/mol. The normalized spacial score (nSPS) is 13.4. The Morgan fingerprint density at radius 3 is 1.62 bits per heavy atom. The van der Waals surface area contributed by atoms with Crippen LogP contribution in [0, 0.1) is 0 Å². The summed E-state index contributed by atoms with van der Waals surface area (Å²) in [4.78, 5) is 34.5. The first-order valence-electron chi connectivity index (χ1n) is 21.2. The number of amides is 2. The van der Waals surface area contributed by atoms with Gasteiger partial charge in [0.1, 0.15) is 35.7 Å². The molecule has 21 heteroatoms. The Morgan fingerprint density at radius 1 is 0.662 bits per heavy atom. The SMILES string of the molecule is CC(C)n1cnnc1-c1cccc(NC(=O)c2ccc3c(c2)CNC3)n1.CCCS(=O)(=O)Cl.CCCS(=O)(=O)N1Cc2ccc(C(=O)Nc3cccc(-c4nncn4C(C)C)n3)cc2C1. The van der Waals surface area contributed by atoms with Gasteiger partial charge in [0, 0.05) is 60.1 Å².